The van der Waals surface area contributed by atoms with Crippen molar-refractivity contribution < 1.29 is 19.6 Å². The number of carbonyl (C=O) groups is 2. The number of piperidine rings is 1. The Balaban J connectivity index is 1.79. The number of hydrogen-bond donors (Lipinski definition) is 2. The van der Waals surface area contributed by atoms with Gasteiger partial charge >= 0.3 is 5.97 Å². The molecule has 0 aromatic heterocycles. The van der Waals surface area contributed by atoms with E-state index in [9.17, 15) is 19.7 Å². The van der Waals surface area contributed by atoms with Crippen LogP contribution in [0.15, 0.2) is 18.2 Å². The van der Waals surface area contributed by atoms with E-state index in [1.807, 2.05) is 11.8 Å². The molecule has 9 nitrogen and oxygen atoms in total. The minimum absolute atomic E-state index is 0.0123. The largest absolute Gasteiger partial charge is 0.480 e. The molecule has 0 atom stereocenters. The number of nitro groups is 1. The summed E-state index contributed by atoms with van der Waals surface area (Å²) < 4.78 is 0. The van der Waals surface area contributed by atoms with E-state index in [1.54, 1.807) is 19.1 Å². The second-order valence-electron chi connectivity index (χ2n) is 7.03. The molecule has 1 aliphatic rings. The van der Waals surface area contributed by atoms with Crippen LogP contribution in [0.25, 0.3) is 0 Å². The molecule has 1 aromatic carbocycles. The highest BCUT2D eigenvalue weighted by Crippen LogP contribution is 2.25. The van der Waals surface area contributed by atoms with Gasteiger partial charge in [-0.2, -0.15) is 0 Å². The second kappa shape index (κ2) is 10.1. The molecule has 1 aromatic rings. The molecule has 9 heteroatoms. The van der Waals surface area contributed by atoms with Crippen LogP contribution in [-0.2, 0) is 9.59 Å². The van der Waals surface area contributed by atoms with Gasteiger partial charge in [0.25, 0.3) is 5.69 Å². The zero-order valence-electron chi connectivity index (χ0n) is 16.4. The van der Waals surface area contributed by atoms with Crippen LogP contribution in [0, 0.1) is 17.0 Å². The van der Waals surface area contributed by atoms with Crippen LogP contribution < -0.4 is 5.32 Å². The number of carboxylic acids is 1. The Bertz CT molecular complexity index is 716. The molecule has 1 heterocycles. The number of anilines is 1. The summed E-state index contributed by atoms with van der Waals surface area (Å²) in [6, 6.07) is 4.90. The van der Waals surface area contributed by atoms with Crippen molar-refractivity contribution in [2.75, 3.05) is 38.0 Å². The number of rotatable bonds is 9. The number of nitro benzene ring substituents is 1. The van der Waals surface area contributed by atoms with Crippen molar-refractivity contribution >= 4 is 23.3 Å². The standard InChI is InChI=1S/C19H28N4O5/c1-3-22(13-19(25)26)15-7-10-21(11-8-15)12-9-18(24)20-16-5-4-6-17(14(16)2)23(27)28/h4-6,15H,3,7-13H2,1-2H3,(H,20,24)(H,25,26). The Morgan fingerprint density at radius 3 is 2.61 bits per heavy atom. The number of nitrogens with zero attached hydrogens (tertiary/aromatic N) is 3. The van der Waals surface area contributed by atoms with E-state index in [4.69, 9.17) is 5.11 Å². The highest BCUT2D eigenvalue weighted by Gasteiger charge is 2.25. The lowest BCUT2D eigenvalue weighted by Gasteiger charge is -2.37. The normalized spacial score (nSPS) is 15.5. The van der Waals surface area contributed by atoms with Gasteiger partial charge in [-0.25, -0.2) is 0 Å². The first kappa shape index (κ1) is 21.8. The average molecular weight is 392 g/mol. The Kier molecular flexibility index (Phi) is 7.89. The van der Waals surface area contributed by atoms with Gasteiger partial charge in [0.1, 0.15) is 0 Å². The smallest absolute Gasteiger partial charge is 0.317 e. The number of likely N-dealkylation sites (N-methyl/N-ethyl adjacent to an activating group) is 1. The number of carbonyl (C=O) groups excluding carboxylic acids is 1. The van der Waals surface area contributed by atoms with E-state index in [0.717, 1.165) is 25.9 Å². The maximum atomic E-state index is 12.2. The summed E-state index contributed by atoms with van der Waals surface area (Å²) in [5, 5.41) is 22.8. The Hall–Kier alpha value is -2.52. The SMILES string of the molecule is CCN(CC(=O)O)C1CCN(CCC(=O)Nc2cccc([N+](=O)[O-])c2C)CC1. The third-order valence-electron chi connectivity index (χ3n) is 5.25. The van der Waals surface area contributed by atoms with Crippen molar-refractivity contribution in [3.8, 4) is 0 Å². The second-order valence-corrected chi connectivity index (χ2v) is 7.03. The summed E-state index contributed by atoms with van der Waals surface area (Å²) in [7, 11) is 0. The number of carboxylic acid groups (broad SMARTS) is 1. The van der Waals surface area contributed by atoms with E-state index in [0.29, 0.717) is 30.8 Å². The Labute approximate surface area is 164 Å². The number of aliphatic carboxylic acids is 1. The first-order valence-corrected chi connectivity index (χ1v) is 9.53. The molecule has 0 bridgehead atoms. The quantitative estimate of drug-likeness (QED) is 0.488. The molecule has 2 rings (SSSR count). The summed E-state index contributed by atoms with van der Waals surface area (Å²) in [6.45, 7) is 6.62. The van der Waals surface area contributed by atoms with Gasteiger partial charge in [-0.3, -0.25) is 24.6 Å². The molecular weight excluding hydrogens is 364 g/mol. The maximum Gasteiger partial charge on any atom is 0.317 e. The fourth-order valence-electron chi connectivity index (χ4n) is 3.61. The lowest BCUT2D eigenvalue weighted by molar-refractivity contribution is -0.385. The van der Waals surface area contributed by atoms with Gasteiger partial charge in [0.05, 0.1) is 22.7 Å². The van der Waals surface area contributed by atoms with Crippen LogP contribution in [0.4, 0.5) is 11.4 Å². The molecule has 0 aliphatic carbocycles. The number of likely N-dealkylation sites (tertiary alicyclic amines) is 1. The first-order chi connectivity index (χ1) is 13.3. The van der Waals surface area contributed by atoms with Crippen molar-refractivity contribution in [3.05, 3.63) is 33.9 Å². The highest BCUT2D eigenvalue weighted by molar-refractivity contribution is 5.92. The molecule has 0 saturated carbocycles. The summed E-state index contributed by atoms with van der Waals surface area (Å²) >= 11 is 0. The predicted octanol–water partition coefficient (Wildman–Crippen LogP) is 2.10. The fourth-order valence-corrected chi connectivity index (χ4v) is 3.61. The van der Waals surface area contributed by atoms with Gasteiger partial charge in [0.2, 0.25) is 5.91 Å². The minimum Gasteiger partial charge on any atom is -0.480 e. The maximum absolute atomic E-state index is 12.2. The topological polar surface area (TPSA) is 116 Å². The lowest BCUT2D eigenvalue weighted by Crippen LogP contribution is -2.47. The van der Waals surface area contributed by atoms with Crippen molar-refractivity contribution in [1.29, 1.82) is 0 Å². The monoisotopic (exact) mass is 392 g/mol. The predicted molar refractivity (Wildman–Crippen MR) is 105 cm³/mol. The Morgan fingerprint density at radius 1 is 1.36 bits per heavy atom. The lowest BCUT2D eigenvalue weighted by atomic mass is 10.0. The molecule has 1 fully saturated rings. The van der Waals surface area contributed by atoms with Crippen molar-refractivity contribution in [3.63, 3.8) is 0 Å². The van der Waals surface area contributed by atoms with Gasteiger partial charge in [-0.15, -0.1) is 0 Å². The summed E-state index contributed by atoms with van der Waals surface area (Å²) in [4.78, 5) is 37.9. The molecular formula is C19H28N4O5. The number of hydrogen-bond acceptors (Lipinski definition) is 6. The van der Waals surface area contributed by atoms with E-state index in [2.05, 4.69) is 10.2 Å². The third kappa shape index (κ3) is 6.00. The fraction of sp³-hybridized carbons (Fsp3) is 0.579. The molecule has 1 saturated heterocycles. The van der Waals surface area contributed by atoms with Crippen molar-refractivity contribution in [1.82, 2.24) is 9.80 Å². The Morgan fingerprint density at radius 2 is 2.04 bits per heavy atom. The van der Waals surface area contributed by atoms with Crippen LogP contribution in [0.1, 0.15) is 31.7 Å². The molecule has 0 radical (unpaired) electrons. The van der Waals surface area contributed by atoms with E-state index < -0.39 is 10.9 Å². The van der Waals surface area contributed by atoms with Gasteiger partial charge in [-0.1, -0.05) is 13.0 Å². The van der Waals surface area contributed by atoms with E-state index in [1.165, 1.54) is 6.07 Å². The average Bonchev–Trinajstić information content (AvgIpc) is 2.66. The molecule has 1 aliphatic heterocycles. The van der Waals surface area contributed by atoms with Crippen LogP contribution in [0.3, 0.4) is 0 Å². The van der Waals surface area contributed by atoms with Gasteiger partial charge < -0.3 is 15.3 Å². The van der Waals surface area contributed by atoms with Gasteiger partial charge in [0.15, 0.2) is 0 Å². The zero-order valence-corrected chi connectivity index (χ0v) is 16.4. The summed E-state index contributed by atoms with van der Waals surface area (Å²) in [5.41, 5.74) is 0.895. The molecule has 28 heavy (non-hydrogen) atoms. The van der Waals surface area contributed by atoms with Crippen LogP contribution in [0.5, 0.6) is 0 Å². The van der Waals surface area contributed by atoms with Gasteiger partial charge in [0, 0.05) is 25.1 Å². The van der Waals surface area contributed by atoms with E-state index in [-0.39, 0.29) is 24.2 Å². The molecule has 1 amide bonds. The van der Waals surface area contributed by atoms with Gasteiger partial charge in [-0.05, 0) is 45.5 Å². The minimum atomic E-state index is -0.808. The molecule has 0 spiro atoms. The summed E-state index contributed by atoms with van der Waals surface area (Å²) in [6.07, 6.45) is 2.07. The number of amides is 1. The summed E-state index contributed by atoms with van der Waals surface area (Å²) in [5.74, 6) is -0.982. The van der Waals surface area contributed by atoms with Crippen LogP contribution in [-0.4, -0.2) is 70.5 Å². The van der Waals surface area contributed by atoms with Crippen LogP contribution in [0.2, 0.25) is 0 Å². The number of nitrogens with one attached hydrogen (secondary N) is 1. The first-order valence-electron chi connectivity index (χ1n) is 9.53. The molecule has 154 valence electrons. The van der Waals surface area contributed by atoms with E-state index >= 15 is 0 Å². The third-order valence-corrected chi connectivity index (χ3v) is 5.25. The highest BCUT2D eigenvalue weighted by atomic mass is 16.6. The molecule has 0 unspecified atom stereocenters. The van der Waals surface area contributed by atoms with Crippen LogP contribution >= 0.6 is 0 Å². The van der Waals surface area contributed by atoms with Crippen molar-refractivity contribution in [2.45, 2.75) is 39.2 Å². The van der Waals surface area contributed by atoms with Crippen molar-refractivity contribution in [2.24, 2.45) is 0 Å². The zero-order chi connectivity index (χ0) is 20.7. The number of benzene rings is 1. The molecule has 2 N–H and O–H groups in total.